The number of nitrogens with one attached hydrogen (secondary N) is 1. The fourth-order valence-corrected chi connectivity index (χ4v) is 4.40. The third-order valence-electron chi connectivity index (χ3n) is 5.09. The van der Waals surface area contributed by atoms with Crippen LogP contribution in [-0.4, -0.2) is 15.3 Å². The van der Waals surface area contributed by atoms with E-state index >= 15 is 0 Å². The molecular weight excluding hydrogens is 380 g/mol. The monoisotopic (exact) mass is 404 g/mol. The number of aromatic nitrogens is 2. The first-order valence-electron chi connectivity index (χ1n) is 9.76. The highest BCUT2D eigenvalue weighted by Gasteiger charge is 2.18. The molecule has 0 aliphatic heterocycles. The van der Waals surface area contributed by atoms with Gasteiger partial charge in [-0.2, -0.15) is 0 Å². The van der Waals surface area contributed by atoms with E-state index in [0.29, 0.717) is 9.20 Å². The molecule has 0 saturated heterocycles. The number of hydrogen-bond acceptors (Lipinski definition) is 3. The Morgan fingerprint density at radius 2 is 1.83 bits per heavy atom. The van der Waals surface area contributed by atoms with Gasteiger partial charge in [0, 0.05) is 39.8 Å². The summed E-state index contributed by atoms with van der Waals surface area (Å²) in [6.45, 7) is 8.65. The Morgan fingerprint density at radius 3 is 2.55 bits per heavy atom. The molecule has 2 aromatic carbocycles. The highest BCUT2D eigenvalue weighted by atomic mass is 32.1. The highest BCUT2D eigenvalue weighted by Crippen LogP contribution is 2.29. The lowest BCUT2D eigenvalue weighted by Gasteiger charge is -2.12. The van der Waals surface area contributed by atoms with Crippen LogP contribution in [0.15, 0.2) is 47.3 Å². The Morgan fingerprint density at radius 1 is 1.10 bits per heavy atom. The number of carbonyl (C=O) groups is 1. The van der Waals surface area contributed by atoms with Gasteiger partial charge in [-0.05, 0) is 36.8 Å². The van der Waals surface area contributed by atoms with Crippen molar-refractivity contribution in [2.75, 3.05) is 0 Å². The fraction of sp³-hybridized carbons (Fsp3) is 0.250. The minimum Gasteiger partial charge on any atom is -0.341 e. The molecule has 2 aromatic heterocycles. The normalized spacial score (nSPS) is 13.7. The molecule has 0 aliphatic carbocycles. The summed E-state index contributed by atoms with van der Waals surface area (Å²) in [6.07, 6.45) is 3.42. The minimum atomic E-state index is -0.469. The molecule has 2 heterocycles. The van der Waals surface area contributed by atoms with Crippen molar-refractivity contribution in [3.05, 3.63) is 67.6 Å². The maximum absolute atomic E-state index is 12.4. The van der Waals surface area contributed by atoms with Crippen LogP contribution in [0.3, 0.4) is 0 Å². The zero-order valence-corrected chi connectivity index (χ0v) is 17.9. The van der Waals surface area contributed by atoms with Gasteiger partial charge in [-0.15, -0.1) is 11.3 Å². The van der Waals surface area contributed by atoms with Crippen molar-refractivity contribution in [3.8, 4) is 0 Å². The third-order valence-corrected chi connectivity index (χ3v) is 6.06. The Balaban J connectivity index is 1.86. The van der Waals surface area contributed by atoms with Crippen LogP contribution < -0.4 is 14.8 Å². The number of aromatic amines is 1. The Labute approximate surface area is 172 Å². The molecule has 4 aromatic rings. The van der Waals surface area contributed by atoms with E-state index in [0.717, 1.165) is 12.1 Å². The SMILES string of the molecule is CCn1c2ccccc2c2cc(/C=c3/s/c(=C/C(=O)C(C)(C)C)[nH]c3=O)ccc21. The lowest BCUT2D eigenvalue weighted by Crippen LogP contribution is -2.22. The summed E-state index contributed by atoms with van der Waals surface area (Å²) in [4.78, 5) is 27.4. The van der Waals surface area contributed by atoms with E-state index in [-0.39, 0.29) is 11.3 Å². The quantitative estimate of drug-likeness (QED) is 0.565. The number of aryl methyl sites for hydroxylation is 1. The molecule has 29 heavy (non-hydrogen) atoms. The highest BCUT2D eigenvalue weighted by molar-refractivity contribution is 7.07. The third kappa shape index (κ3) is 3.58. The maximum atomic E-state index is 12.4. The first-order chi connectivity index (χ1) is 13.8. The number of thiazole rings is 1. The van der Waals surface area contributed by atoms with Gasteiger partial charge in [0.05, 0.1) is 9.20 Å². The predicted molar refractivity (Wildman–Crippen MR) is 122 cm³/mol. The van der Waals surface area contributed by atoms with Crippen molar-refractivity contribution >= 4 is 51.1 Å². The number of ketones is 1. The van der Waals surface area contributed by atoms with Gasteiger partial charge >= 0.3 is 0 Å². The summed E-state index contributed by atoms with van der Waals surface area (Å²) in [5, 5.41) is 2.39. The van der Waals surface area contributed by atoms with Crippen LogP contribution in [0, 0.1) is 5.41 Å². The number of nitrogens with zero attached hydrogens (tertiary/aromatic N) is 1. The second-order valence-corrected chi connectivity index (χ2v) is 9.31. The van der Waals surface area contributed by atoms with Gasteiger partial charge in [-0.25, -0.2) is 0 Å². The van der Waals surface area contributed by atoms with E-state index in [1.807, 2.05) is 32.9 Å². The minimum absolute atomic E-state index is 0.00431. The molecular formula is C24H24N2O2S. The van der Waals surface area contributed by atoms with E-state index in [2.05, 4.69) is 52.9 Å². The van der Waals surface area contributed by atoms with Crippen molar-refractivity contribution in [1.82, 2.24) is 9.55 Å². The molecule has 0 aliphatic rings. The number of para-hydroxylation sites is 1. The van der Waals surface area contributed by atoms with E-state index < -0.39 is 5.41 Å². The van der Waals surface area contributed by atoms with Crippen LogP contribution in [0.4, 0.5) is 0 Å². The zero-order valence-electron chi connectivity index (χ0n) is 17.1. The number of Topliss-reactive ketones (excluding diaryl/α,β-unsaturated/α-hetero) is 1. The first-order valence-corrected chi connectivity index (χ1v) is 10.6. The smallest absolute Gasteiger partial charge is 0.266 e. The van der Waals surface area contributed by atoms with Gasteiger partial charge in [0.15, 0.2) is 5.78 Å². The molecule has 0 radical (unpaired) electrons. The molecule has 0 spiro atoms. The summed E-state index contributed by atoms with van der Waals surface area (Å²) in [5.74, 6) is -0.00431. The van der Waals surface area contributed by atoms with Gasteiger partial charge in [-0.1, -0.05) is 45.0 Å². The van der Waals surface area contributed by atoms with Gasteiger partial charge in [0.25, 0.3) is 5.56 Å². The maximum Gasteiger partial charge on any atom is 0.266 e. The molecule has 0 unspecified atom stereocenters. The molecule has 0 amide bonds. The van der Waals surface area contributed by atoms with Crippen LogP contribution in [0.5, 0.6) is 0 Å². The van der Waals surface area contributed by atoms with Crippen LogP contribution in [0.1, 0.15) is 33.3 Å². The molecule has 0 fully saturated rings. The summed E-state index contributed by atoms with van der Waals surface area (Å²) in [5.41, 5.74) is 2.74. The number of fused-ring (bicyclic) bond motifs is 3. The average molecular weight is 405 g/mol. The van der Waals surface area contributed by atoms with Crippen LogP contribution in [0.2, 0.25) is 0 Å². The first kappa shape index (κ1) is 19.4. The number of carbonyl (C=O) groups excluding carboxylic acids is 1. The topological polar surface area (TPSA) is 54.9 Å². The predicted octanol–water partition coefficient (Wildman–Crippen LogP) is 3.79. The number of hydrogen-bond donors (Lipinski definition) is 1. The fourth-order valence-electron chi connectivity index (χ4n) is 3.51. The van der Waals surface area contributed by atoms with E-state index in [1.165, 1.54) is 39.2 Å². The van der Waals surface area contributed by atoms with Crippen molar-refractivity contribution in [2.45, 2.75) is 34.2 Å². The Hall–Kier alpha value is -2.92. The molecule has 4 rings (SSSR count). The Bertz CT molecular complexity index is 1410. The van der Waals surface area contributed by atoms with E-state index in [4.69, 9.17) is 0 Å². The largest absolute Gasteiger partial charge is 0.341 e. The van der Waals surface area contributed by atoms with Gasteiger partial charge < -0.3 is 9.55 Å². The van der Waals surface area contributed by atoms with Crippen molar-refractivity contribution in [2.24, 2.45) is 5.41 Å². The molecule has 148 valence electrons. The summed E-state index contributed by atoms with van der Waals surface area (Å²) >= 11 is 1.31. The molecule has 0 saturated carbocycles. The van der Waals surface area contributed by atoms with Crippen LogP contribution in [-0.2, 0) is 11.3 Å². The summed E-state index contributed by atoms with van der Waals surface area (Å²) < 4.78 is 3.48. The van der Waals surface area contributed by atoms with Crippen molar-refractivity contribution < 1.29 is 4.79 Å². The summed E-state index contributed by atoms with van der Waals surface area (Å²) in [7, 11) is 0. The van der Waals surface area contributed by atoms with Crippen LogP contribution in [0.25, 0.3) is 34.0 Å². The molecule has 0 bridgehead atoms. The summed E-state index contributed by atoms with van der Waals surface area (Å²) in [6, 6.07) is 14.7. The van der Waals surface area contributed by atoms with Gasteiger partial charge in [0.2, 0.25) is 0 Å². The molecule has 1 N–H and O–H groups in total. The Kier molecular flexibility index (Phi) is 4.79. The zero-order chi connectivity index (χ0) is 20.8. The van der Waals surface area contributed by atoms with E-state index in [9.17, 15) is 9.59 Å². The molecule has 0 atom stereocenters. The van der Waals surface area contributed by atoms with Crippen molar-refractivity contribution in [1.29, 1.82) is 0 Å². The number of rotatable bonds is 3. The van der Waals surface area contributed by atoms with Gasteiger partial charge in [0.1, 0.15) is 0 Å². The lowest BCUT2D eigenvalue weighted by molar-refractivity contribution is -0.119. The number of benzene rings is 2. The van der Waals surface area contributed by atoms with E-state index in [1.54, 1.807) is 0 Å². The van der Waals surface area contributed by atoms with Crippen molar-refractivity contribution in [3.63, 3.8) is 0 Å². The second kappa shape index (κ2) is 7.16. The molecule has 4 nitrogen and oxygen atoms in total. The van der Waals surface area contributed by atoms with Gasteiger partial charge in [-0.3, -0.25) is 9.59 Å². The van der Waals surface area contributed by atoms with Crippen LogP contribution >= 0.6 is 11.3 Å². The lowest BCUT2D eigenvalue weighted by atomic mass is 9.91. The second-order valence-electron chi connectivity index (χ2n) is 8.23. The average Bonchev–Trinajstić information content (AvgIpc) is 3.18. The number of H-pyrrole nitrogens is 1. The molecule has 5 heteroatoms. The standard InChI is InChI=1S/C24H24N2O2S/c1-5-26-18-9-7-6-8-16(18)17-12-15(10-11-19(17)26)13-20-23(28)25-22(29-20)14-21(27)24(2,3)4/h6-14H,5H2,1-4H3,(H,25,28)/b20-13+,22-14+.